The summed E-state index contributed by atoms with van der Waals surface area (Å²) in [5, 5.41) is 0. The lowest BCUT2D eigenvalue weighted by Gasteiger charge is -2.35. The normalized spacial score (nSPS) is 21.8. The number of rotatable bonds is 2. The Morgan fingerprint density at radius 1 is 1.09 bits per heavy atom. The van der Waals surface area contributed by atoms with E-state index in [0.29, 0.717) is 6.42 Å². The minimum absolute atomic E-state index is 0.00303. The highest BCUT2D eigenvalue weighted by molar-refractivity contribution is 5.99. The van der Waals surface area contributed by atoms with Crippen molar-refractivity contribution in [2.24, 2.45) is 5.41 Å². The van der Waals surface area contributed by atoms with Gasteiger partial charge in [-0.1, -0.05) is 20.8 Å². The second-order valence-corrected chi connectivity index (χ2v) is 7.29. The van der Waals surface area contributed by atoms with Crippen LogP contribution in [0.4, 0.5) is 5.95 Å². The van der Waals surface area contributed by atoms with Gasteiger partial charge in [-0.05, 0) is 25.3 Å². The molecule has 5 heteroatoms. The topological polar surface area (TPSA) is 49.3 Å². The molecule has 2 heterocycles. The van der Waals surface area contributed by atoms with Crippen LogP contribution in [0.5, 0.6) is 0 Å². The predicted molar refractivity (Wildman–Crippen MR) is 87.5 cm³/mol. The molecule has 0 amide bonds. The van der Waals surface area contributed by atoms with E-state index >= 15 is 0 Å². The molecule has 0 saturated carbocycles. The van der Waals surface area contributed by atoms with Crippen molar-refractivity contribution in [2.45, 2.75) is 40.5 Å². The average molecular weight is 302 g/mol. The largest absolute Gasteiger partial charge is 0.338 e. The van der Waals surface area contributed by atoms with E-state index in [0.717, 1.165) is 62.0 Å². The van der Waals surface area contributed by atoms with Gasteiger partial charge < -0.3 is 9.80 Å². The first kappa shape index (κ1) is 15.4. The van der Waals surface area contributed by atoms with E-state index in [2.05, 4.69) is 35.6 Å². The Hall–Kier alpha value is -1.49. The highest BCUT2D eigenvalue weighted by Crippen LogP contribution is 2.35. The zero-order valence-electron chi connectivity index (χ0n) is 14.1. The summed E-state index contributed by atoms with van der Waals surface area (Å²) in [6.45, 7) is 13.6. The number of anilines is 1. The maximum absolute atomic E-state index is 12.4. The van der Waals surface area contributed by atoms with Crippen molar-refractivity contribution in [3.63, 3.8) is 0 Å². The van der Waals surface area contributed by atoms with Crippen molar-refractivity contribution in [3.05, 3.63) is 17.0 Å². The van der Waals surface area contributed by atoms with Crippen LogP contribution >= 0.6 is 0 Å². The first-order chi connectivity index (χ1) is 10.4. The van der Waals surface area contributed by atoms with Crippen molar-refractivity contribution in [1.82, 2.24) is 14.9 Å². The molecule has 0 unspecified atom stereocenters. The highest BCUT2D eigenvalue weighted by Gasteiger charge is 2.34. The van der Waals surface area contributed by atoms with Gasteiger partial charge in [-0.2, -0.15) is 0 Å². The number of nitrogens with zero attached hydrogens (tertiary/aromatic N) is 4. The third-order valence-electron chi connectivity index (χ3n) is 4.82. The molecule has 120 valence electrons. The number of aryl methyl sites for hydroxylation is 1. The van der Waals surface area contributed by atoms with Crippen LogP contribution in [-0.4, -0.2) is 53.4 Å². The van der Waals surface area contributed by atoms with Crippen LogP contribution < -0.4 is 4.90 Å². The fourth-order valence-corrected chi connectivity index (χ4v) is 3.55. The molecule has 0 N–H and O–H groups in total. The molecular weight excluding hydrogens is 276 g/mol. The standard InChI is InChI=1S/C17H26N4O/c1-5-20-6-8-21(9-7-20)16-18-12(2)15-13(19-16)10-17(3,4)11-14(15)22/h5-11H2,1-4H3. The quantitative estimate of drug-likeness (QED) is 0.837. The van der Waals surface area contributed by atoms with Gasteiger partial charge in [0.1, 0.15) is 0 Å². The van der Waals surface area contributed by atoms with Gasteiger partial charge in [-0.25, -0.2) is 9.97 Å². The maximum atomic E-state index is 12.4. The predicted octanol–water partition coefficient (Wildman–Crippen LogP) is 2.08. The molecule has 0 aromatic carbocycles. The second kappa shape index (κ2) is 5.61. The zero-order chi connectivity index (χ0) is 15.9. The fraction of sp³-hybridized carbons (Fsp3) is 0.706. The summed E-state index contributed by atoms with van der Waals surface area (Å²) in [4.78, 5) is 26.5. The molecule has 1 fully saturated rings. The van der Waals surface area contributed by atoms with Crippen LogP contribution in [-0.2, 0) is 6.42 Å². The fourth-order valence-electron chi connectivity index (χ4n) is 3.55. The number of likely N-dealkylation sites (N-methyl/N-ethyl adjacent to an activating group) is 1. The van der Waals surface area contributed by atoms with Gasteiger partial charge in [-0.3, -0.25) is 4.79 Å². The molecule has 1 aromatic heterocycles. The van der Waals surface area contributed by atoms with Gasteiger partial charge in [-0.15, -0.1) is 0 Å². The number of fused-ring (bicyclic) bond motifs is 1. The van der Waals surface area contributed by atoms with Crippen LogP contribution in [0.15, 0.2) is 0 Å². The summed E-state index contributed by atoms with van der Waals surface area (Å²) in [7, 11) is 0. The summed E-state index contributed by atoms with van der Waals surface area (Å²) in [6, 6.07) is 0. The van der Waals surface area contributed by atoms with Gasteiger partial charge in [0.2, 0.25) is 5.95 Å². The van der Waals surface area contributed by atoms with E-state index in [1.807, 2.05) is 6.92 Å². The number of Topliss-reactive ketones (excluding diaryl/α,β-unsaturated/α-hetero) is 1. The highest BCUT2D eigenvalue weighted by atomic mass is 16.1. The van der Waals surface area contributed by atoms with Crippen LogP contribution in [0.2, 0.25) is 0 Å². The van der Waals surface area contributed by atoms with Gasteiger partial charge in [0.05, 0.1) is 17.0 Å². The van der Waals surface area contributed by atoms with E-state index in [-0.39, 0.29) is 11.2 Å². The molecule has 0 atom stereocenters. The van der Waals surface area contributed by atoms with Crippen molar-refractivity contribution in [2.75, 3.05) is 37.6 Å². The molecule has 5 nitrogen and oxygen atoms in total. The van der Waals surface area contributed by atoms with E-state index in [9.17, 15) is 4.79 Å². The summed E-state index contributed by atoms with van der Waals surface area (Å²) >= 11 is 0. The lowest BCUT2D eigenvalue weighted by molar-refractivity contribution is 0.0909. The Balaban J connectivity index is 1.89. The van der Waals surface area contributed by atoms with Crippen LogP contribution in [0.25, 0.3) is 0 Å². The number of carbonyl (C=O) groups excluding carboxylic acids is 1. The Morgan fingerprint density at radius 3 is 2.41 bits per heavy atom. The maximum Gasteiger partial charge on any atom is 0.225 e. The van der Waals surface area contributed by atoms with Crippen molar-refractivity contribution >= 4 is 11.7 Å². The Kier molecular flexibility index (Phi) is 3.93. The van der Waals surface area contributed by atoms with Gasteiger partial charge in [0.25, 0.3) is 0 Å². The Morgan fingerprint density at radius 2 is 1.77 bits per heavy atom. The summed E-state index contributed by atoms with van der Waals surface area (Å²) < 4.78 is 0. The van der Waals surface area contributed by atoms with Crippen LogP contribution in [0.1, 0.15) is 48.9 Å². The third-order valence-corrected chi connectivity index (χ3v) is 4.82. The van der Waals surface area contributed by atoms with Gasteiger partial charge in [0.15, 0.2) is 5.78 Å². The molecule has 1 aliphatic carbocycles. The molecule has 22 heavy (non-hydrogen) atoms. The Bertz CT molecular complexity index is 589. The van der Waals surface area contributed by atoms with E-state index in [1.165, 1.54) is 0 Å². The molecule has 1 aromatic rings. The third kappa shape index (κ3) is 2.86. The first-order valence-corrected chi connectivity index (χ1v) is 8.27. The molecular formula is C17H26N4O. The summed E-state index contributed by atoms with van der Waals surface area (Å²) in [5.74, 6) is 1.00. The zero-order valence-corrected chi connectivity index (χ0v) is 14.1. The summed E-state index contributed by atoms with van der Waals surface area (Å²) in [6.07, 6.45) is 1.46. The molecule has 0 bridgehead atoms. The second-order valence-electron chi connectivity index (χ2n) is 7.29. The average Bonchev–Trinajstić information content (AvgIpc) is 2.45. The van der Waals surface area contributed by atoms with Gasteiger partial charge >= 0.3 is 0 Å². The monoisotopic (exact) mass is 302 g/mol. The van der Waals surface area contributed by atoms with E-state index in [1.54, 1.807) is 0 Å². The van der Waals surface area contributed by atoms with E-state index in [4.69, 9.17) is 4.98 Å². The minimum atomic E-state index is 0.00303. The molecule has 0 radical (unpaired) electrons. The smallest absolute Gasteiger partial charge is 0.225 e. The van der Waals surface area contributed by atoms with E-state index < -0.39 is 0 Å². The van der Waals surface area contributed by atoms with Crippen LogP contribution in [0, 0.1) is 12.3 Å². The lowest BCUT2D eigenvalue weighted by atomic mass is 9.75. The first-order valence-electron chi connectivity index (χ1n) is 8.27. The van der Waals surface area contributed by atoms with Crippen molar-refractivity contribution in [1.29, 1.82) is 0 Å². The number of hydrogen-bond donors (Lipinski definition) is 0. The molecule has 0 spiro atoms. The number of ketones is 1. The molecule has 1 aliphatic heterocycles. The number of carbonyl (C=O) groups is 1. The molecule has 2 aliphatic rings. The van der Waals surface area contributed by atoms with Crippen molar-refractivity contribution in [3.8, 4) is 0 Å². The minimum Gasteiger partial charge on any atom is -0.338 e. The lowest BCUT2D eigenvalue weighted by Crippen LogP contribution is -2.47. The number of aromatic nitrogens is 2. The van der Waals surface area contributed by atoms with Crippen molar-refractivity contribution < 1.29 is 4.79 Å². The van der Waals surface area contributed by atoms with Crippen LogP contribution in [0.3, 0.4) is 0 Å². The summed E-state index contributed by atoms with van der Waals surface area (Å²) in [5.41, 5.74) is 2.57. The number of hydrogen-bond acceptors (Lipinski definition) is 5. The molecule has 1 saturated heterocycles. The Labute approximate surface area is 132 Å². The number of piperazine rings is 1. The van der Waals surface area contributed by atoms with Gasteiger partial charge in [0, 0.05) is 32.6 Å². The SMILES string of the molecule is CCN1CCN(c2nc(C)c3c(n2)CC(C)(C)CC3=O)CC1. The molecule has 3 rings (SSSR count).